The van der Waals surface area contributed by atoms with E-state index in [2.05, 4.69) is 10.2 Å². The van der Waals surface area contributed by atoms with Crippen LogP contribution in [0.2, 0.25) is 0 Å². The van der Waals surface area contributed by atoms with Gasteiger partial charge in [-0.3, -0.25) is 4.90 Å². The number of halogens is 1. The van der Waals surface area contributed by atoms with Crippen LogP contribution in [0.25, 0.3) is 0 Å². The van der Waals surface area contributed by atoms with E-state index in [1.54, 1.807) is 13.2 Å². The Balaban J connectivity index is 1.45. The van der Waals surface area contributed by atoms with Crippen molar-refractivity contribution in [2.24, 2.45) is 0 Å². The number of amides is 2. The van der Waals surface area contributed by atoms with Crippen molar-refractivity contribution in [2.75, 3.05) is 33.4 Å². The minimum absolute atomic E-state index is 0.0726. The van der Waals surface area contributed by atoms with E-state index in [0.29, 0.717) is 19.2 Å². The van der Waals surface area contributed by atoms with E-state index in [-0.39, 0.29) is 17.9 Å². The van der Waals surface area contributed by atoms with Gasteiger partial charge in [-0.2, -0.15) is 0 Å². The van der Waals surface area contributed by atoms with Gasteiger partial charge in [0.25, 0.3) is 0 Å². The topological polar surface area (TPSA) is 44.8 Å². The molecule has 27 heavy (non-hydrogen) atoms. The van der Waals surface area contributed by atoms with Crippen molar-refractivity contribution in [3.63, 3.8) is 0 Å². The number of hydrogen-bond donors (Lipinski definition) is 1. The molecule has 6 heteroatoms. The third-order valence-electron chi connectivity index (χ3n) is 5.81. The number of rotatable bonds is 6. The lowest BCUT2D eigenvalue weighted by molar-refractivity contribution is 0.111. The molecule has 2 saturated heterocycles. The van der Waals surface area contributed by atoms with E-state index in [4.69, 9.17) is 4.74 Å². The first-order valence-electron chi connectivity index (χ1n) is 10.2. The number of nitrogens with zero attached hydrogens (tertiary/aromatic N) is 2. The third kappa shape index (κ3) is 5.66. The van der Waals surface area contributed by atoms with Crippen LogP contribution in [0.4, 0.5) is 9.18 Å². The summed E-state index contributed by atoms with van der Waals surface area (Å²) in [6.45, 7) is 3.94. The van der Waals surface area contributed by atoms with Crippen LogP contribution >= 0.6 is 0 Å². The van der Waals surface area contributed by atoms with Crippen LogP contribution < -0.4 is 5.32 Å². The van der Waals surface area contributed by atoms with Crippen LogP contribution in [0.5, 0.6) is 0 Å². The molecule has 0 aliphatic carbocycles. The Hall–Kier alpha value is -1.66. The molecule has 1 aromatic rings. The molecule has 0 saturated carbocycles. The Kier molecular flexibility index (Phi) is 7.47. The van der Waals surface area contributed by atoms with E-state index >= 15 is 0 Å². The number of piperidine rings is 2. The van der Waals surface area contributed by atoms with Gasteiger partial charge in [-0.1, -0.05) is 18.2 Å². The van der Waals surface area contributed by atoms with Gasteiger partial charge in [0.05, 0.1) is 0 Å². The highest BCUT2D eigenvalue weighted by Crippen LogP contribution is 2.21. The van der Waals surface area contributed by atoms with Crippen LogP contribution in [-0.4, -0.2) is 61.3 Å². The van der Waals surface area contributed by atoms with Crippen LogP contribution in [0.15, 0.2) is 24.3 Å². The zero-order chi connectivity index (χ0) is 19.1. The summed E-state index contributed by atoms with van der Waals surface area (Å²) in [6, 6.07) is 7.54. The van der Waals surface area contributed by atoms with Crippen LogP contribution in [0.3, 0.4) is 0 Å². The number of carbonyl (C=O) groups is 1. The quantitative estimate of drug-likeness (QED) is 0.827. The first-order valence-corrected chi connectivity index (χ1v) is 10.2. The van der Waals surface area contributed by atoms with Gasteiger partial charge in [-0.05, 0) is 44.6 Å². The second-order valence-corrected chi connectivity index (χ2v) is 7.72. The molecule has 1 atom stereocenters. The Labute approximate surface area is 161 Å². The van der Waals surface area contributed by atoms with Crippen molar-refractivity contribution in [3.05, 3.63) is 35.6 Å². The third-order valence-corrected chi connectivity index (χ3v) is 5.81. The van der Waals surface area contributed by atoms with E-state index in [1.807, 2.05) is 17.0 Å². The summed E-state index contributed by atoms with van der Waals surface area (Å²) in [7, 11) is 1.71. The highest BCUT2D eigenvalue weighted by molar-refractivity contribution is 5.75. The highest BCUT2D eigenvalue weighted by Gasteiger charge is 2.29. The Morgan fingerprint density at radius 2 is 1.96 bits per heavy atom. The fraction of sp³-hybridized carbons (Fsp3) is 0.667. The standard InChI is InChI=1S/C21H32FN3O2/c1-27-15-11-19-7-4-5-12-25(19)21(26)23-18-9-13-24(14-10-18)16-17-6-2-3-8-20(17)22/h2-3,6,8,18-19H,4-5,7,9-16H2,1H3,(H,23,26). The fourth-order valence-electron chi connectivity index (χ4n) is 4.18. The van der Waals surface area contributed by atoms with Crippen molar-refractivity contribution in [1.29, 1.82) is 0 Å². The summed E-state index contributed by atoms with van der Waals surface area (Å²) in [5, 5.41) is 3.24. The summed E-state index contributed by atoms with van der Waals surface area (Å²) in [5.41, 5.74) is 0.745. The second kappa shape index (κ2) is 10.0. The van der Waals surface area contributed by atoms with E-state index in [0.717, 1.165) is 57.3 Å². The molecule has 1 unspecified atom stereocenters. The largest absolute Gasteiger partial charge is 0.385 e. The molecular weight excluding hydrogens is 345 g/mol. The lowest BCUT2D eigenvalue weighted by Crippen LogP contribution is -2.53. The monoisotopic (exact) mass is 377 g/mol. The summed E-state index contributed by atoms with van der Waals surface area (Å²) >= 11 is 0. The maximum atomic E-state index is 13.8. The molecule has 150 valence electrons. The first kappa shape index (κ1) is 20.1. The zero-order valence-electron chi connectivity index (χ0n) is 16.3. The van der Waals surface area contributed by atoms with Gasteiger partial charge in [0.15, 0.2) is 0 Å². The maximum Gasteiger partial charge on any atom is 0.317 e. The van der Waals surface area contributed by atoms with Gasteiger partial charge >= 0.3 is 6.03 Å². The fourth-order valence-corrected chi connectivity index (χ4v) is 4.18. The van der Waals surface area contributed by atoms with Gasteiger partial charge < -0.3 is 15.0 Å². The number of benzene rings is 1. The number of ether oxygens (including phenoxy) is 1. The SMILES string of the molecule is COCCC1CCCCN1C(=O)NC1CCN(Cc2ccccc2F)CC1. The van der Waals surface area contributed by atoms with Gasteiger partial charge in [-0.15, -0.1) is 0 Å². The molecule has 1 aromatic carbocycles. The molecule has 0 bridgehead atoms. The van der Waals surface area contributed by atoms with Crippen molar-refractivity contribution in [1.82, 2.24) is 15.1 Å². The normalized spacial score (nSPS) is 22.0. The van der Waals surface area contributed by atoms with Crippen LogP contribution in [0, 0.1) is 5.82 Å². The molecule has 5 nitrogen and oxygen atoms in total. The summed E-state index contributed by atoms with van der Waals surface area (Å²) in [4.78, 5) is 17.0. The Morgan fingerprint density at radius 3 is 2.70 bits per heavy atom. The second-order valence-electron chi connectivity index (χ2n) is 7.72. The molecule has 2 heterocycles. The molecule has 0 aromatic heterocycles. The highest BCUT2D eigenvalue weighted by atomic mass is 19.1. The summed E-state index contributed by atoms with van der Waals surface area (Å²) in [5.74, 6) is -0.139. The van der Waals surface area contributed by atoms with Crippen molar-refractivity contribution < 1.29 is 13.9 Å². The minimum Gasteiger partial charge on any atom is -0.385 e. The molecule has 0 spiro atoms. The minimum atomic E-state index is -0.139. The van der Waals surface area contributed by atoms with Gasteiger partial charge in [0.1, 0.15) is 5.82 Å². The molecular formula is C21H32FN3O2. The number of hydrogen-bond acceptors (Lipinski definition) is 3. The molecule has 3 rings (SSSR count). The molecule has 2 fully saturated rings. The molecule has 2 aliphatic rings. The van der Waals surface area contributed by atoms with Gasteiger partial charge in [0.2, 0.25) is 0 Å². The molecule has 0 radical (unpaired) electrons. The Morgan fingerprint density at radius 1 is 1.19 bits per heavy atom. The molecule has 1 N–H and O–H groups in total. The summed E-state index contributed by atoms with van der Waals surface area (Å²) in [6.07, 6.45) is 6.07. The predicted molar refractivity (Wildman–Crippen MR) is 104 cm³/mol. The van der Waals surface area contributed by atoms with E-state index < -0.39 is 0 Å². The smallest absolute Gasteiger partial charge is 0.317 e. The molecule has 2 amide bonds. The lowest BCUT2D eigenvalue weighted by Gasteiger charge is -2.38. The van der Waals surface area contributed by atoms with Crippen molar-refractivity contribution in [2.45, 2.75) is 57.2 Å². The zero-order valence-corrected chi connectivity index (χ0v) is 16.3. The lowest BCUT2D eigenvalue weighted by atomic mass is 9.99. The number of likely N-dealkylation sites (tertiary alicyclic amines) is 2. The number of urea groups is 1. The average molecular weight is 378 g/mol. The van der Waals surface area contributed by atoms with E-state index in [9.17, 15) is 9.18 Å². The number of nitrogens with one attached hydrogen (secondary N) is 1. The van der Waals surface area contributed by atoms with E-state index in [1.165, 1.54) is 12.5 Å². The number of methoxy groups -OCH3 is 1. The average Bonchev–Trinajstić information content (AvgIpc) is 2.70. The molecule has 2 aliphatic heterocycles. The van der Waals surface area contributed by atoms with Gasteiger partial charge in [-0.25, -0.2) is 9.18 Å². The van der Waals surface area contributed by atoms with Crippen molar-refractivity contribution in [3.8, 4) is 0 Å². The van der Waals surface area contributed by atoms with Crippen molar-refractivity contribution >= 4 is 6.03 Å². The number of carbonyl (C=O) groups excluding carboxylic acids is 1. The maximum absolute atomic E-state index is 13.8. The Bertz CT molecular complexity index is 605. The van der Waals surface area contributed by atoms with Crippen LogP contribution in [0.1, 0.15) is 44.1 Å². The summed E-state index contributed by atoms with van der Waals surface area (Å²) < 4.78 is 19.0. The first-order chi connectivity index (χ1) is 13.2. The van der Waals surface area contributed by atoms with Gasteiger partial charge in [0, 0.05) is 57.5 Å². The predicted octanol–water partition coefficient (Wildman–Crippen LogP) is 3.39. The van der Waals surface area contributed by atoms with Crippen LogP contribution in [-0.2, 0) is 11.3 Å².